The summed E-state index contributed by atoms with van der Waals surface area (Å²) >= 11 is 10.9. The molecule has 0 fully saturated rings. The number of nitrogen functional groups attached to an aromatic ring is 1. The average molecular weight is 359 g/mol. The Hall–Kier alpha value is -1.04. The molecule has 0 aliphatic heterocycles. The summed E-state index contributed by atoms with van der Waals surface area (Å²) in [5, 5.41) is 7.64. The van der Waals surface area contributed by atoms with Gasteiger partial charge < -0.3 is 10.6 Å². The molecule has 0 bridgehead atoms. The molecule has 1 heterocycles. The number of benzene rings is 1. The lowest BCUT2D eigenvalue weighted by Gasteiger charge is -2.21. The first kappa shape index (κ1) is 14.4. The predicted octanol–water partition coefficient (Wildman–Crippen LogP) is 4.08. The molecule has 3 N–H and O–H groups in total. The minimum absolute atomic E-state index is 0.0681. The highest BCUT2D eigenvalue weighted by atomic mass is 79.9. The fourth-order valence-corrected chi connectivity index (χ4v) is 3.29. The Balaban J connectivity index is 2.29. The topological polar surface area (TPSA) is 53.1 Å². The molecule has 19 heavy (non-hydrogen) atoms. The summed E-state index contributed by atoms with van der Waals surface area (Å²) in [6.07, 6.45) is 0. The molecule has 1 aromatic carbocycles. The standard InChI is InChI=1S/C13H13BrClN3S/c1-18(7-9-3-5-12(15)19-9)11-6-8(14)2-4-10(11)13(16)17/h2-6H,7H2,1H3,(H3,16,17). The molecule has 2 rings (SSSR count). The molecular formula is C13H13BrClN3S. The lowest BCUT2D eigenvalue weighted by Crippen LogP contribution is -2.21. The van der Waals surface area contributed by atoms with E-state index in [-0.39, 0.29) is 5.84 Å². The second-order valence-corrected chi connectivity index (χ2v) is 6.85. The summed E-state index contributed by atoms with van der Waals surface area (Å²) in [5.74, 6) is 0.0681. The quantitative estimate of drug-likeness (QED) is 0.639. The Kier molecular flexibility index (Phi) is 4.50. The van der Waals surface area contributed by atoms with Crippen LogP contribution >= 0.6 is 38.9 Å². The lowest BCUT2D eigenvalue weighted by molar-refractivity contribution is 0.937. The summed E-state index contributed by atoms with van der Waals surface area (Å²) in [7, 11) is 1.97. The smallest absolute Gasteiger partial charge is 0.124 e. The maximum Gasteiger partial charge on any atom is 0.124 e. The number of nitrogens with one attached hydrogen (secondary N) is 1. The van der Waals surface area contributed by atoms with E-state index in [0.29, 0.717) is 0 Å². The summed E-state index contributed by atoms with van der Waals surface area (Å²) in [4.78, 5) is 3.23. The monoisotopic (exact) mass is 357 g/mol. The van der Waals surface area contributed by atoms with Crippen molar-refractivity contribution in [1.29, 1.82) is 5.41 Å². The highest BCUT2D eigenvalue weighted by Crippen LogP contribution is 2.28. The van der Waals surface area contributed by atoms with Crippen LogP contribution in [0, 0.1) is 5.41 Å². The number of hydrogen-bond donors (Lipinski definition) is 2. The molecule has 0 saturated heterocycles. The van der Waals surface area contributed by atoms with Crippen LogP contribution in [-0.2, 0) is 6.54 Å². The molecular weight excluding hydrogens is 346 g/mol. The second-order valence-electron chi connectivity index (χ2n) is 4.14. The zero-order chi connectivity index (χ0) is 14.0. The summed E-state index contributed by atoms with van der Waals surface area (Å²) in [6.45, 7) is 0.730. The Morgan fingerprint density at radius 3 is 2.74 bits per heavy atom. The zero-order valence-corrected chi connectivity index (χ0v) is 13.4. The molecule has 3 nitrogen and oxygen atoms in total. The normalized spacial score (nSPS) is 10.5. The minimum atomic E-state index is 0.0681. The third kappa shape index (κ3) is 3.49. The van der Waals surface area contributed by atoms with Crippen molar-refractivity contribution < 1.29 is 0 Å². The van der Waals surface area contributed by atoms with E-state index < -0.39 is 0 Å². The van der Waals surface area contributed by atoms with Crippen molar-refractivity contribution in [2.24, 2.45) is 5.73 Å². The fraction of sp³-hybridized carbons (Fsp3) is 0.154. The van der Waals surface area contributed by atoms with Gasteiger partial charge in [0.05, 0.1) is 10.9 Å². The first-order valence-electron chi connectivity index (χ1n) is 5.56. The number of rotatable bonds is 4. The van der Waals surface area contributed by atoms with Gasteiger partial charge in [0.1, 0.15) is 5.84 Å². The number of hydrogen-bond acceptors (Lipinski definition) is 3. The van der Waals surface area contributed by atoms with E-state index in [0.717, 1.165) is 26.6 Å². The molecule has 100 valence electrons. The minimum Gasteiger partial charge on any atom is -0.384 e. The van der Waals surface area contributed by atoms with Gasteiger partial charge in [-0.05, 0) is 30.3 Å². The fourth-order valence-electron chi connectivity index (χ4n) is 1.80. The molecule has 0 radical (unpaired) electrons. The van der Waals surface area contributed by atoms with Crippen molar-refractivity contribution in [3.63, 3.8) is 0 Å². The number of nitrogens with zero attached hydrogens (tertiary/aromatic N) is 1. The number of nitrogens with two attached hydrogens (primary N) is 1. The van der Waals surface area contributed by atoms with E-state index >= 15 is 0 Å². The summed E-state index contributed by atoms with van der Waals surface area (Å²) in [6, 6.07) is 9.60. The van der Waals surface area contributed by atoms with Gasteiger partial charge in [-0.1, -0.05) is 27.5 Å². The lowest BCUT2D eigenvalue weighted by atomic mass is 10.1. The molecule has 0 aliphatic rings. The van der Waals surface area contributed by atoms with Crippen molar-refractivity contribution in [2.75, 3.05) is 11.9 Å². The number of amidine groups is 1. The van der Waals surface area contributed by atoms with Gasteiger partial charge in [-0.25, -0.2) is 0 Å². The summed E-state index contributed by atoms with van der Waals surface area (Å²) in [5.41, 5.74) is 7.28. The largest absolute Gasteiger partial charge is 0.384 e. The maximum absolute atomic E-state index is 7.64. The number of thiophene rings is 1. The maximum atomic E-state index is 7.64. The van der Waals surface area contributed by atoms with Gasteiger partial charge in [0, 0.05) is 27.6 Å². The summed E-state index contributed by atoms with van der Waals surface area (Å²) < 4.78 is 1.74. The highest BCUT2D eigenvalue weighted by Gasteiger charge is 2.11. The van der Waals surface area contributed by atoms with Gasteiger partial charge in [-0.15, -0.1) is 11.3 Å². The Labute approximate surface area is 129 Å². The molecule has 0 amide bonds. The van der Waals surface area contributed by atoms with E-state index in [2.05, 4.69) is 20.8 Å². The van der Waals surface area contributed by atoms with Crippen molar-refractivity contribution >= 4 is 50.4 Å². The van der Waals surface area contributed by atoms with E-state index in [1.807, 2.05) is 37.4 Å². The van der Waals surface area contributed by atoms with Crippen molar-refractivity contribution in [3.05, 3.63) is 49.6 Å². The van der Waals surface area contributed by atoms with Crippen molar-refractivity contribution in [2.45, 2.75) is 6.54 Å². The van der Waals surface area contributed by atoms with Crippen LogP contribution in [0.25, 0.3) is 0 Å². The molecule has 0 unspecified atom stereocenters. The van der Waals surface area contributed by atoms with Crippen LogP contribution < -0.4 is 10.6 Å². The van der Waals surface area contributed by atoms with Crippen LogP contribution in [0.5, 0.6) is 0 Å². The van der Waals surface area contributed by atoms with Crippen LogP contribution in [0.1, 0.15) is 10.4 Å². The van der Waals surface area contributed by atoms with Gasteiger partial charge in [-0.2, -0.15) is 0 Å². The van der Waals surface area contributed by atoms with Gasteiger partial charge >= 0.3 is 0 Å². The predicted molar refractivity (Wildman–Crippen MR) is 86.6 cm³/mol. The molecule has 0 spiro atoms. The third-order valence-corrected chi connectivity index (χ3v) is 4.39. The molecule has 6 heteroatoms. The first-order chi connectivity index (χ1) is 8.97. The van der Waals surface area contributed by atoms with E-state index in [4.69, 9.17) is 22.7 Å². The molecule has 0 aliphatic carbocycles. The van der Waals surface area contributed by atoms with E-state index in [1.54, 1.807) is 11.3 Å². The van der Waals surface area contributed by atoms with Gasteiger partial charge in [-0.3, -0.25) is 5.41 Å². The molecule has 0 atom stereocenters. The van der Waals surface area contributed by atoms with Gasteiger partial charge in [0.15, 0.2) is 0 Å². The Morgan fingerprint density at radius 2 is 2.16 bits per heavy atom. The Bertz CT molecular complexity index is 612. The number of anilines is 1. The van der Waals surface area contributed by atoms with Crippen molar-refractivity contribution in [1.82, 2.24) is 0 Å². The Morgan fingerprint density at radius 1 is 1.42 bits per heavy atom. The van der Waals surface area contributed by atoms with Crippen LogP contribution in [0.3, 0.4) is 0 Å². The van der Waals surface area contributed by atoms with Gasteiger partial charge in [0.25, 0.3) is 0 Å². The molecule has 1 aromatic heterocycles. The molecule has 0 saturated carbocycles. The van der Waals surface area contributed by atoms with Crippen LogP contribution in [0.15, 0.2) is 34.8 Å². The van der Waals surface area contributed by atoms with E-state index in [9.17, 15) is 0 Å². The second kappa shape index (κ2) is 5.94. The van der Waals surface area contributed by atoms with Crippen molar-refractivity contribution in [3.8, 4) is 0 Å². The van der Waals surface area contributed by atoms with Gasteiger partial charge in [0.2, 0.25) is 0 Å². The van der Waals surface area contributed by atoms with E-state index in [1.165, 1.54) is 4.88 Å². The first-order valence-corrected chi connectivity index (χ1v) is 7.55. The average Bonchev–Trinajstić information content (AvgIpc) is 2.74. The third-order valence-electron chi connectivity index (χ3n) is 2.68. The SMILES string of the molecule is CN(Cc1ccc(Cl)s1)c1cc(Br)ccc1C(=N)N. The highest BCUT2D eigenvalue weighted by molar-refractivity contribution is 9.10. The van der Waals surface area contributed by atoms with Crippen LogP contribution in [-0.4, -0.2) is 12.9 Å². The zero-order valence-electron chi connectivity index (χ0n) is 10.3. The van der Waals surface area contributed by atoms with Crippen LogP contribution in [0.4, 0.5) is 5.69 Å². The van der Waals surface area contributed by atoms with Crippen LogP contribution in [0.2, 0.25) is 4.34 Å². The molecule has 2 aromatic rings. The number of halogens is 2.